The molecule has 4 rings (SSSR count). The molecule has 6 nitrogen and oxygen atoms in total. The van der Waals surface area contributed by atoms with Gasteiger partial charge in [-0.1, -0.05) is 30.3 Å². The Labute approximate surface area is 168 Å². The number of fused-ring (bicyclic) bond motifs is 1. The largest absolute Gasteiger partial charge is 0.391 e. The average molecular weight is 407 g/mol. The van der Waals surface area contributed by atoms with Crippen molar-refractivity contribution in [3.8, 4) is 0 Å². The Balaban J connectivity index is 0.00000210. The molecule has 0 aliphatic carbocycles. The van der Waals surface area contributed by atoms with Crippen LogP contribution in [0.25, 0.3) is 10.2 Å². The molecule has 0 saturated carbocycles. The average Bonchev–Trinajstić information content (AvgIpc) is 3.32. The van der Waals surface area contributed by atoms with Crippen molar-refractivity contribution in [2.45, 2.75) is 19.6 Å². The van der Waals surface area contributed by atoms with Crippen LogP contribution in [0.4, 0.5) is 0 Å². The van der Waals surface area contributed by atoms with E-state index in [1.54, 1.807) is 0 Å². The Morgan fingerprint density at radius 1 is 1.37 bits per heavy atom. The summed E-state index contributed by atoms with van der Waals surface area (Å²) in [4.78, 5) is 14.2. The zero-order valence-corrected chi connectivity index (χ0v) is 16.6. The summed E-state index contributed by atoms with van der Waals surface area (Å²) in [6.07, 6.45) is -0.389. The van der Waals surface area contributed by atoms with E-state index in [0.29, 0.717) is 24.5 Å². The summed E-state index contributed by atoms with van der Waals surface area (Å²) in [6.45, 7) is 4.47. The number of aliphatic hydroxyl groups excluding tert-OH is 1. The van der Waals surface area contributed by atoms with Crippen LogP contribution in [0.3, 0.4) is 0 Å². The van der Waals surface area contributed by atoms with E-state index < -0.39 is 0 Å². The standard InChI is InChI=1S/C19H22N4O2S.ClH/c1-12-15-7-17(18(25)21-9-14-8-20-10-16(14)24)26-19(15)23(22-12)11-13-5-3-2-4-6-13;/h2-7,14,16,20,24H,8-11H2,1H3,(H,21,25);1H. The summed E-state index contributed by atoms with van der Waals surface area (Å²) in [5, 5.41) is 21.6. The molecule has 27 heavy (non-hydrogen) atoms. The maximum absolute atomic E-state index is 12.5. The fraction of sp³-hybridized carbons (Fsp3) is 0.368. The number of thiophene rings is 1. The lowest BCUT2D eigenvalue weighted by Crippen LogP contribution is -2.34. The van der Waals surface area contributed by atoms with Crippen molar-refractivity contribution in [3.63, 3.8) is 0 Å². The van der Waals surface area contributed by atoms with Gasteiger partial charge in [0.1, 0.15) is 4.83 Å². The van der Waals surface area contributed by atoms with Crippen molar-refractivity contribution in [3.05, 3.63) is 52.5 Å². The molecular formula is C19H23ClN4O2S. The van der Waals surface area contributed by atoms with E-state index in [9.17, 15) is 9.90 Å². The number of nitrogens with zero attached hydrogens (tertiary/aromatic N) is 2. The Morgan fingerprint density at radius 3 is 2.85 bits per heavy atom. The minimum absolute atomic E-state index is 0. The fourth-order valence-electron chi connectivity index (χ4n) is 3.33. The molecule has 0 spiro atoms. The smallest absolute Gasteiger partial charge is 0.261 e. The maximum atomic E-state index is 12.5. The van der Waals surface area contributed by atoms with Crippen LogP contribution in [-0.2, 0) is 6.54 Å². The summed E-state index contributed by atoms with van der Waals surface area (Å²) >= 11 is 1.47. The predicted octanol–water partition coefficient (Wildman–Crippen LogP) is 2.19. The van der Waals surface area contributed by atoms with E-state index >= 15 is 0 Å². The summed E-state index contributed by atoms with van der Waals surface area (Å²) < 4.78 is 1.96. The lowest BCUT2D eigenvalue weighted by molar-refractivity contribution is 0.0931. The number of halogens is 1. The fourth-order valence-corrected chi connectivity index (χ4v) is 4.40. The third kappa shape index (κ3) is 4.16. The molecule has 2 aromatic heterocycles. The molecule has 3 heterocycles. The molecule has 1 amide bonds. The van der Waals surface area contributed by atoms with Gasteiger partial charge in [0.25, 0.3) is 5.91 Å². The molecule has 1 saturated heterocycles. The van der Waals surface area contributed by atoms with Gasteiger partial charge in [0.05, 0.1) is 23.2 Å². The van der Waals surface area contributed by atoms with Crippen molar-refractivity contribution in [2.24, 2.45) is 5.92 Å². The summed E-state index contributed by atoms with van der Waals surface area (Å²) in [7, 11) is 0. The number of hydrogen-bond acceptors (Lipinski definition) is 5. The van der Waals surface area contributed by atoms with Crippen LogP contribution in [-0.4, -0.2) is 46.5 Å². The number of benzene rings is 1. The van der Waals surface area contributed by atoms with Crippen LogP contribution < -0.4 is 10.6 Å². The van der Waals surface area contributed by atoms with Gasteiger partial charge < -0.3 is 15.7 Å². The summed E-state index contributed by atoms with van der Waals surface area (Å²) in [6, 6.07) is 12.1. The van der Waals surface area contributed by atoms with Crippen LogP contribution in [0.1, 0.15) is 20.9 Å². The van der Waals surface area contributed by atoms with Crippen LogP contribution >= 0.6 is 23.7 Å². The number of rotatable bonds is 5. The molecule has 3 aromatic rings. The minimum Gasteiger partial charge on any atom is -0.391 e. The van der Waals surface area contributed by atoms with Gasteiger partial charge in [-0.2, -0.15) is 5.10 Å². The van der Waals surface area contributed by atoms with Crippen LogP contribution in [0, 0.1) is 12.8 Å². The number of carbonyl (C=O) groups excluding carboxylic acids is 1. The van der Waals surface area contributed by atoms with Gasteiger partial charge in [0.2, 0.25) is 0 Å². The molecule has 1 fully saturated rings. The number of aromatic nitrogens is 2. The molecule has 1 aliphatic rings. The van der Waals surface area contributed by atoms with E-state index in [1.807, 2.05) is 35.9 Å². The zero-order chi connectivity index (χ0) is 18.1. The topological polar surface area (TPSA) is 79.2 Å². The van der Waals surface area contributed by atoms with Crippen LogP contribution in [0.2, 0.25) is 0 Å². The van der Waals surface area contributed by atoms with Crippen molar-refractivity contribution in [2.75, 3.05) is 19.6 Å². The number of β-amino-alcohol motifs (C(OH)–C–C–N with tert-alkyl or cyclic N) is 1. The van der Waals surface area contributed by atoms with E-state index in [-0.39, 0.29) is 30.3 Å². The second-order valence-electron chi connectivity index (χ2n) is 6.75. The molecule has 2 atom stereocenters. The van der Waals surface area contributed by atoms with E-state index in [4.69, 9.17) is 0 Å². The van der Waals surface area contributed by atoms with Gasteiger partial charge >= 0.3 is 0 Å². The molecule has 8 heteroatoms. The lowest BCUT2D eigenvalue weighted by Gasteiger charge is -2.13. The van der Waals surface area contributed by atoms with Crippen LogP contribution in [0.15, 0.2) is 36.4 Å². The van der Waals surface area contributed by atoms with Crippen molar-refractivity contribution in [1.82, 2.24) is 20.4 Å². The number of carbonyl (C=O) groups is 1. The van der Waals surface area contributed by atoms with Gasteiger partial charge in [0, 0.05) is 30.9 Å². The lowest BCUT2D eigenvalue weighted by atomic mass is 10.1. The molecule has 1 aliphatic heterocycles. The van der Waals surface area contributed by atoms with E-state index in [2.05, 4.69) is 27.9 Å². The molecular weight excluding hydrogens is 384 g/mol. The number of nitrogens with one attached hydrogen (secondary N) is 2. The predicted molar refractivity (Wildman–Crippen MR) is 110 cm³/mol. The first kappa shape index (κ1) is 19.8. The van der Waals surface area contributed by atoms with E-state index in [0.717, 1.165) is 22.5 Å². The van der Waals surface area contributed by atoms with Gasteiger partial charge in [-0.15, -0.1) is 23.7 Å². The molecule has 144 valence electrons. The van der Waals surface area contributed by atoms with Crippen molar-refractivity contribution in [1.29, 1.82) is 0 Å². The summed E-state index contributed by atoms with van der Waals surface area (Å²) in [5.74, 6) is -0.0143. The first-order chi connectivity index (χ1) is 12.6. The highest BCUT2D eigenvalue weighted by Gasteiger charge is 2.25. The number of aryl methyl sites for hydroxylation is 1. The highest BCUT2D eigenvalue weighted by molar-refractivity contribution is 7.20. The highest BCUT2D eigenvalue weighted by Crippen LogP contribution is 2.29. The van der Waals surface area contributed by atoms with Gasteiger partial charge in [-0.05, 0) is 18.6 Å². The monoisotopic (exact) mass is 406 g/mol. The molecule has 3 N–H and O–H groups in total. The molecule has 1 aromatic carbocycles. The second-order valence-corrected chi connectivity index (χ2v) is 7.78. The van der Waals surface area contributed by atoms with Gasteiger partial charge in [0.15, 0.2) is 0 Å². The molecule has 2 unspecified atom stereocenters. The Hall–Kier alpha value is -1.93. The van der Waals surface area contributed by atoms with E-state index in [1.165, 1.54) is 16.9 Å². The van der Waals surface area contributed by atoms with Crippen molar-refractivity contribution < 1.29 is 9.90 Å². The Kier molecular flexibility index (Phi) is 6.16. The quantitative estimate of drug-likeness (QED) is 0.606. The summed E-state index contributed by atoms with van der Waals surface area (Å²) in [5.41, 5.74) is 2.11. The first-order valence-electron chi connectivity index (χ1n) is 8.79. The number of aliphatic hydroxyl groups is 1. The highest BCUT2D eigenvalue weighted by atomic mass is 35.5. The molecule has 0 radical (unpaired) electrons. The number of amides is 1. The SMILES string of the molecule is Cc1nn(Cc2ccccc2)c2sc(C(=O)NCC3CNCC3O)cc12.Cl. The molecule has 0 bridgehead atoms. The third-order valence-corrected chi connectivity index (χ3v) is 5.98. The van der Waals surface area contributed by atoms with Crippen LogP contribution in [0.5, 0.6) is 0 Å². The third-order valence-electron chi connectivity index (χ3n) is 4.84. The zero-order valence-electron chi connectivity index (χ0n) is 15.0. The van der Waals surface area contributed by atoms with Crippen molar-refractivity contribution >= 4 is 39.9 Å². The second kappa shape index (κ2) is 8.39. The normalized spacial score (nSPS) is 19.2. The Bertz CT molecular complexity index is 925. The maximum Gasteiger partial charge on any atom is 0.261 e. The van der Waals surface area contributed by atoms with Gasteiger partial charge in [-0.3, -0.25) is 9.48 Å². The number of hydrogen-bond donors (Lipinski definition) is 3. The minimum atomic E-state index is -0.389. The van der Waals surface area contributed by atoms with Gasteiger partial charge in [-0.25, -0.2) is 0 Å². The first-order valence-corrected chi connectivity index (χ1v) is 9.61. The Morgan fingerprint density at radius 2 is 2.15 bits per heavy atom.